The van der Waals surface area contributed by atoms with Crippen molar-refractivity contribution in [2.75, 3.05) is 6.61 Å². The van der Waals surface area contributed by atoms with Gasteiger partial charge in [-0.1, -0.05) is 6.42 Å². The van der Waals surface area contributed by atoms with Crippen LogP contribution in [0.25, 0.3) is 20.2 Å². The zero-order chi connectivity index (χ0) is 16.5. The van der Waals surface area contributed by atoms with E-state index in [2.05, 4.69) is 0 Å². The number of ether oxygens (including phenoxy) is 2. The van der Waals surface area contributed by atoms with Gasteiger partial charge in [0.2, 0.25) is 0 Å². The Kier molecular flexibility index (Phi) is 4.31. The molecule has 0 saturated heterocycles. The van der Waals surface area contributed by atoms with Crippen LogP contribution in [0.5, 0.6) is 11.5 Å². The van der Waals surface area contributed by atoms with Gasteiger partial charge in [-0.15, -0.1) is 11.3 Å². The maximum absolute atomic E-state index is 14.6. The molecule has 1 heterocycles. The SMILES string of the molecule is CCOc1ccc2c(sc3cc(OC4CCCCC4)ccc32)c1F. The van der Waals surface area contributed by atoms with Gasteiger partial charge in [-0.25, -0.2) is 4.39 Å². The van der Waals surface area contributed by atoms with Gasteiger partial charge in [-0.3, -0.25) is 0 Å². The van der Waals surface area contributed by atoms with Gasteiger partial charge in [0.1, 0.15) is 5.75 Å². The molecule has 1 fully saturated rings. The Hall–Kier alpha value is -1.81. The van der Waals surface area contributed by atoms with E-state index in [9.17, 15) is 4.39 Å². The number of benzene rings is 2. The van der Waals surface area contributed by atoms with Gasteiger partial charge in [0.15, 0.2) is 11.6 Å². The third kappa shape index (κ3) is 2.84. The summed E-state index contributed by atoms with van der Waals surface area (Å²) in [5.74, 6) is 0.965. The van der Waals surface area contributed by atoms with Crippen molar-refractivity contribution in [3.8, 4) is 11.5 Å². The van der Waals surface area contributed by atoms with Crippen LogP contribution in [-0.4, -0.2) is 12.7 Å². The Morgan fingerprint density at radius 2 is 1.88 bits per heavy atom. The molecule has 4 heteroatoms. The van der Waals surface area contributed by atoms with Gasteiger partial charge in [0.25, 0.3) is 0 Å². The predicted octanol–water partition coefficient (Wildman–Crippen LogP) is 6.30. The van der Waals surface area contributed by atoms with Crippen LogP contribution in [-0.2, 0) is 0 Å². The number of rotatable bonds is 4. The fraction of sp³-hybridized carbons (Fsp3) is 0.400. The number of thiophene rings is 1. The van der Waals surface area contributed by atoms with Crippen LogP contribution in [0.15, 0.2) is 30.3 Å². The summed E-state index contributed by atoms with van der Waals surface area (Å²) in [4.78, 5) is 0. The summed E-state index contributed by atoms with van der Waals surface area (Å²) in [7, 11) is 0. The lowest BCUT2D eigenvalue weighted by Crippen LogP contribution is -2.19. The average molecular weight is 344 g/mol. The second-order valence-electron chi connectivity index (χ2n) is 6.33. The highest BCUT2D eigenvalue weighted by atomic mass is 32.1. The average Bonchev–Trinajstić information content (AvgIpc) is 2.97. The van der Waals surface area contributed by atoms with Crippen molar-refractivity contribution in [3.63, 3.8) is 0 Å². The summed E-state index contributed by atoms with van der Waals surface area (Å²) in [6, 6.07) is 9.78. The molecule has 1 aliphatic carbocycles. The number of halogens is 1. The predicted molar refractivity (Wildman–Crippen MR) is 98.0 cm³/mol. The van der Waals surface area contributed by atoms with Gasteiger partial charge in [-0.2, -0.15) is 0 Å². The molecule has 2 nitrogen and oxygen atoms in total. The zero-order valence-electron chi connectivity index (χ0n) is 13.8. The van der Waals surface area contributed by atoms with E-state index >= 15 is 0 Å². The summed E-state index contributed by atoms with van der Waals surface area (Å²) in [5.41, 5.74) is 0. The van der Waals surface area contributed by atoms with Crippen LogP contribution in [0, 0.1) is 5.82 Å². The molecular formula is C20H21FO2S. The van der Waals surface area contributed by atoms with E-state index in [1.807, 2.05) is 31.2 Å². The molecule has 0 radical (unpaired) electrons. The molecule has 3 aromatic rings. The molecular weight excluding hydrogens is 323 g/mol. The minimum Gasteiger partial charge on any atom is -0.491 e. The molecule has 0 spiro atoms. The van der Waals surface area contributed by atoms with Gasteiger partial charge < -0.3 is 9.47 Å². The van der Waals surface area contributed by atoms with E-state index < -0.39 is 0 Å². The number of hydrogen-bond acceptors (Lipinski definition) is 3. The fourth-order valence-corrected chi connectivity index (χ4v) is 4.65. The monoisotopic (exact) mass is 344 g/mol. The standard InChI is InChI=1S/C20H21FO2S/c1-2-22-17-11-10-16-15-9-8-14(23-13-6-4-3-5-7-13)12-18(15)24-20(16)19(17)21/h8-13H,2-7H2,1H3. The van der Waals surface area contributed by atoms with Gasteiger partial charge in [-0.05, 0) is 62.9 Å². The molecule has 24 heavy (non-hydrogen) atoms. The van der Waals surface area contributed by atoms with Crippen molar-refractivity contribution in [3.05, 3.63) is 36.1 Å². The minimum atomic E-state index is -0.259. The molecule has 1 aliphatic rings. The lowest BCUT2D eigenvalue weighted by molar-refractivity contribution is 0.155. The van der Waals surface area contributed by atoms with Crippen LogP contribution in [0.3, 0.4) is 0 Å². The Morgan fingerprint density at radius 3 is 2.67 bits per heavy atom. The van der Waals surface area contributed by atoms with Crippen molar-refractivity contribution in [2.24, 2.45) is 0 Å². The zero-order valence-corrected chi connectivity index (χ0v) is 14.6. The van der Waals surface area contributed by atoms with E-state index in [1.165, 1.54) is 30.6 Å². The summed E-state index contributed by atoms with van der Waals surface area (Å²) in [5, 5.41) is 2.02. The fourth-order valence-electron chi connectivity index (χ4n) is 3.49. The maximum Gasteiger partial charge on any atom is 0.182 e. The van der Waals surface area contributed by atoms with E-state index in [0.29, 0.717) is 23.2 Å². The Bertz CT molecular complexity index is 865. The molecule has 0 unspecified atom stereocenters. The first-order valence-electron chi connectivity index (χ1n) is 8.70. The second-order valence-corrected chi connectivity index (χ2v) is 7.38. The van der Waals surface area contributed by atoms with E-state index in [1.54, 1.807) is 6.07 Å². The quantitative estimate of drug-likeness (QED) is 0.552. The number of fused-ring (bicyclic) bond motifs is 3. The Balaban J connectivity index is 1.71. The van der Waals surface area contributed by atoms with Crippen molar-refractivity contribution in [1.82, 2.24) is 0 Å². The molecule has 1 saturated carbocycles. The normalized spacial score (nSPS) is 15.9. The molecule has 0 aliphatic heterocycles. The van der Waals surface area contributed by atoms with E-state index in [4.69, 9.17) is 9.47 Å². The summed E-state index contributed by atoms with van der Waals surface area (Å²) < 4.78 is 27.9. The first-order valence-corrected chi connectivity index (χ1v) is 9.52. The lowest BCUT2D eigenvalue weighted by atomic mass is 9.98. The maximum atomic E-state index is 14.6. The van der Waals surface area contributed by atoms with Crippen LogP contribution < -0.4 is 9.47 Å². The Morgan fingerprint density at radius 1 is 1.08 bits per heavy atom. The minimum absolute atomic E-state index is 0.259. The number of hydrogen-bond donors (Lipinski definition) is 0. The highest BCUT2D eigenvalue weighted by Crippen LogP contribution is 2.40. The van der Waals surface area contributed by atoms with Crippen molar-refractivity contribution >= 4 is 31.5 Å². The van der Waals surface area contributed by atoms with Crippen LogP contribution in [0.1, 0.15) is 39.0 Å². The molecule has 0 N–H and O–H groups in total. The van der Waals surface area contributed by atoms with Crippen LogP contribution in [0.4, 0.5) is 4.39 Å². The first-order chi connectivity index (χ1) is 11.8. The molecule has 1 aromatic heterocycles. The van der Waals surface area contributed by atoms with Crippen molar-refractivity contribution in [1.29, 1.82) is 0 Å². The summed E-state index contributed by atoms with van der Waals surface area (Å²) in [6.07, 6.45) is 6.42. The molecule has 0 amide bonds. The van der Waals surface area contributed by atoms with Crippen LogP contribution in [0.2, 0.25) is 0 Å². The molecule has 0 bridgehead atoms. The third-order valence-electron chi connectivity index (χ3n) is 4.67. The lowest BCUT2D eigenvalue weighted by Gasteiger charge is -2.22. The summed E-state index contributed by atoms with van der Waals surface area (Å²) in [6.45, 7) is 2.33. The highest BCUT2D eigenvalue weighted by molar-refractivity contribution is 7.25. The Labute approximate surface area is 145 Å². The van der Waals surface area contributed by atoms with E-state index in [-0.39, 0.29) is 5.82 Å². The molecule has 4 rings (SSSR count). The highest BCUT2D eigenvalue weighted by Gasteiger charge is 2.17. The molecule has 126 valence electrons. The van der Waals surface area contributed by atoms with Gasteiger partial charge >= 0.3 is 0 Å². The molecule has 2 aromatic carbocycles. The second kappa shape index (κ2) is 6.60. The van der Waals surface area contributed by atoms with E-state index in [0.717, 1.165) is 34.1 Å². The smallest absolute Gasteiger partial charge is 0.182 e. The largest absolute Gasteiger partial charge is 0.491 e. The van der Waals surface area contributed by atoms with Gasteiger partial charge in [0, 0.05) is 15.5 Å². The summed E-state index contributed by atoms with van der Waals surface area (Å²) >= 11 is 1.47. The third-order valence-corrected chi connectivity index (χ3v) is 5.83. The van der Waals surface area contributed by atoms with Gasteiger partial charge in [0.05, 0.1) is 17.4 Å². The first kappa shape index (κ1) is 15.7. The van der Waals surface area contributed by atoms with Crippen molar-refractivity contribution in [2.45, 2.75) is 45.1 Å². The molecule has 0 atom stereocenters. The van der Waals surface area contributed by atoms with Crippen LogP contribution >= 0.6 is 11.3 Å². The van der Waals surface area contributed by atoms with Crippen molar-refractivity contribution < 1.29 is 13.9 Å². The topological polar surface area (TPSA) is 18.5 Å².